The van der Waals surface area contributed by atoms with Crippen molar-refractivity contribution in [3.05, 3.63) is 46.4 Å². The predicted molar refractivity (Wildman–Crippen MR) is 103 cm³/mol. The lowest BCUT2D eigenvalue weighted by atomic mass is 9.94. The first-order chi connectivity index (χ1) is 12.8. The number of nitrogens with one attached hydrogen (secondary N) is 1. The fourth-order valence-corrected chi connectivity index (χ4v) is 3.50. The van der Waals surface area contributed by atoms with Crippen molar-refractivity contribution in [3.63, 3.8) is 0 Å². The Morgan fingerprint density at radius 1 is 1.44 bits per heavy atom. The second kappa shape index (κ2) is 8.94. The van der Waals surface area contributed by atoms with E-state index in [0.717, 1.165) is 0 Å². The van der Waals surface area contributed by atoms with Gasteiger partial charge in [-0.2, -0.15) is 5.10 Å². The number of nitrogens with zero attached hydrogens (tertiary/aromatic N) is 2. The summed E-state index contributed by atoms with van der Waals surface area (Å²) >= 11 is -2.48. The molecule has 3 atom stereocenters. The summed E-state index contributed by atoms with van der Waals surface area (Å²) in [6, 6.07) is 4.71. The summed E-state index contributed by atoms with van der Waals surface area (Å²) in [6.45, 7) is 1.74. The van der Waals surface area contributed by atoms with E-state index in [9.17, 15) is 13.9 Å². The van der Waals surface area contributed by atoms with Gasteiger partial charge in [0.05, 0.1) is 19.4 Å². The van der Waals surface area contributed by atoms with Crippen molar-refractivity contribution in [2.45, 2.75) is 13.0 Å². The molecule has 8 nitrogen and oxygen atoms in total. The minimum Gasteiger partial charge on any atom is -0.769 e. The van der Waals surface area contributed by atoms with E-state index >= 15 is 0 Å². The van der Waals surface area contributed by atoms with Crippen LogP contribution >= 0.6 is 0 Å². The fraction of sp³-hybridized carbons (Fsp3) is 0.333. The summed E-state index contributed by atoms with van der Waals surface area (Å²) in [5, 5.41) is 23.4. The number of hydrazone groups is 1. The van der Waals surface area contributed by atoms with Crippen molar-refractivity contribution >= 4 is 23.1 Å². The monoisotopic (exact) mass is 392 g/mol. The Morgan fingerprint density at radius 2 is 2.15 bits per heavy atom. The third-order valence-electron chi connectivity index (χ3n) is 4.24. The lowest BCUT2D eigenvalue weighted by Gasteiger charge is -2.30. The summed E-state index contributed by atoms with van der Waals surface area (Å²) in [7, 11) is 4.50. The minimum absolute atomic E-state index is 0.0116. The van der Waals surface area contributed by atoms with Gasteiger partial charge in [0.2, 0.25) is 0 Å². The van der Waals surface area contributed by atoms with Crippen LogP contribution in [0.3, 0.4) is 0 Å². The van der Waals surface area contributed by atoms with Gasteiger partial charge in [0.15, 0.2) is 11.5 Å². The van der Waals surface area contributed by atoms with Crippen LogP contribution < -0.4 is 4.74 Å². The highest BCUT2D eigenvalue weighted by molar-refractivity contribution is 7.83. The number of benzene rings is 1. The first-order valence-corrected chi connectivity index (χ1v) is 9.15. The highest BCUT2D eigenvalue weighted by Gasteiger charge is 2.28. The van der Waals surface area contributed by atoms with E-state index in [-0.39, 0.29) is 28.2 Å². The Balaban J connectivity index is 2.26. The van der Waals surface area contributed by atoms with Crippen LogP contribution in [0.4, 0.5) is 0 Å². The molecule has 1 aliphatic carbocycles. The van der Waals surface area contributed by atoms with E-state index in [4.69, 9.17) is 14.9 Å². The minimum atomic E-state index is -2.48. The number of likely N-dealkylation sites (N-methyl/N-ethyl adjacent to an activating group) is 1. The van der Waals surface area contributed by atoms with Gasteiger partial charge in [-0.1, -0.05) is 19.1 Å². The Morgan fingerprint density at radius 3 is 2.74 bits per heavy atom. The van der Waals surface area contributed by atoms with Crippen LogP contribution in [0, 0.1) is 11.3 Å². The zero-order chi connectivity index (χ0) is 20.1. The van der Waals surface area contributed by atoms with Gasteiger partial charge in [0.1, 0.15) is 5.84 Å². The predicted octanol–water partition coefficient (Wildman–Crippen LogP) is 2.00. The average molecular weight is 392 g/mol. The molecule has 1 aliphatic rings. The maximum absolute atomic E-state index is 11.7. The molecule has 0 heterocycles. The molecule has 0 bridgehead atoms. The van der Waals surface area contributed by atoms with E-state index < -0.39 is 17.0 Å². The third kappa shape index (κ3) is 4.62. The first-order valence-electron chi connectivity index (χ1n) is 8.08. The summed E-state index contributed by atoms with van der Waals surface area (Å²) in [5.74, 6) is -0.156. The van der Waals surface area contributed by atoms with Gasteiger partial charge in [-0.25, -0.2) is 0 Å². The largest absolute Gasteiger partial charge is 0.769 e. The van der Waals surface area contributed by atoms with Gasteiger partial charge < -0.3 is 19.1 Å². The SMILES string of the molecule is COc1cc(/C=N/N(C)C(=N)C2=C(S(=O)[O-])C(C)C(OC)C=C2)ccc1O. The van der Waals surface area contributed by atoms with Gasteiger partial charge in [0.25, 0.3) is 0 Å². The number of hydrogen-bond donors (Lipinski definition) is 2. The molecule has 0 amide bonds. The molecule has 2 rings (SSSR count). The molecule has 2 N–H and O–H groups in total. The first kappa shape index (κ1) is 20.8. The molecule has 0 saturated heterocycles. The fourth-order valence-electron chi connectivity index (χ4n) is 2.71. The van der Waals surface area contributed by atoms with Crippen molar-refractivity contribution in [1.82, 2.24) is 5.01 Å². The zero-order valence-corrected chi connectivity index (χ0v) is 16.3. The van der Waals surface area contributed by atoms with Gasteiger partial charge in [-0.3, -0.25) is 14.6 Å². The van der Waals surface area contributed by atoms with Crippen molar-refractivity contribution in [1.29, 1.82) is 5.41 Å². The number of methoxy groups -OCH3 is 2. The van der Waals surface area contributed by atoms with E-state index in [1.165, 1.54) is 31.5 Å². The molecule has 3 unspecified atom stereocenters. The lowest BCUT2D eigenvalue weighted by Crippen LogP contribution is -2.31. The van der Waals surface area contributed by atoms with E-state index in [1.807, 2.05) is 0 Å². The number of hydrogen-bond acceptors (Lipinski definition) is 7. The van der Waals surface area contributed by atoms with Crippen LogP contribution in [0.15, 0.2) is 45.9 Å². The molecule has 27 heavy (non-hydrogen) atoms. The second-order valence-electron chi connectivity index (χ2n) is 5.91. The van der Waals surface area contributed by atoms with Crippen molar-refractivity contribution in [2.75, 3.05) is 21.3 Å². The topological polar surface area (TPSA) is 118 Å². The lowest BCUT2D eigenvalue weighted by molar-refractivity contribution is 0.110. The highest BCUT2D eigenvalue weighted by Crippen LogP contribution is 2.30. The quantitative estimate of drug-likeness (QED) is 0.331. The molecule has 0 fully saturated rings. The number of rotatable bonds is 6. The average Bonchev–Trinajstić information content (AvgIpc) is 2.65. The van der Waals surface area contributed by atoms with Crippen molar-refractivity contribution < 1.29 is 23.3 Å². The van der Waals surface area contributed by atoms with E-state index in [0.29, 0.717) is 11.3 Å². The summed E-state index contributed by atoms with van der Waals surface area (Å²) in [5.41, 5.74) is 0.921. The number of amidine groups is 1. The molecule has 1 aromatic rings. The van der Waals surface area contributed by atoms with Gasteiger partial charge in [0, 0.05) is 30.6 Å². The summed E-state index contributed by atoms with van der Waals surface area (Å²) < 4.78 is 33.7. The van der Waals surface area contributed by atoms with Crippen LogP contribution in [0.5, 0.6) is 11.5 Å². The number of aromatic hydroxyl groups is 1. The van der Waals surface area contributed by atoms with Gasteiger partial charge in [-0.05, 0) is 34.8 Å². The Bertz CT molecular complexity index is 834. The number of phenols is 1. The van der Waals surface area contributed by atoms with Crippen molar-refractivity contribution in [3.8, 4) is 11.5 Å². The molecule has 0 spiro atoms. The summed E-state index contributed by atoms with van der Waals surface area (Å²) in [6.07, 6.45) is 4.41. The molecule has 9 heteroatoms. The van der Waals surface area contributed by atoms with Gasteiger partial charge >= 0.3 is 0 Å². The molecular formula is C18H22N3O5S-. The molecular weight excluding hydrogens is 370 g/mol. The molecule has 0 saturated carbocycles. The Kier molecular flexibility index (Phi) is 6.89. The number of ether oxygens (including phenoxy) is 2. The molecule has 1 aromatic carbocycles. The maximum Gasteiger partial charge on any atom is 0.161 e. The van der Waals surface area contributed by atoms with Crippen LogP contribution in [0.25, 0.3) is 0 Å². The van der Waals surface area contributed by atoms with E-state index in [2.05, 4.69) is 5.10 Å². The van der Waals surface area contributed by atoms with Gasteiger partial charge in [-0.15, -0.1) is 0 Å². The highest BCUT2D eigenvalue weighted by atomic mass is 32.2. The smallest absolute Gasteiger partial charge is 0.161 e. The van der Waals surface area contributed by atoms with Crippen LogP contribution in [0.2, 0.25) is 0 Å². The molecule has 146 valence electrons. The van der Waals surface area contributed by atoms with Crippen molar-refractivity contribution in [2.24, 2.45) is 11.0 Å². The third-order valence-corrected chi connectivity index (χ3v) is 5.19. The van der Waals surface area contributed by atoms with Crippen LogP contribution in [-0.4, -0.2) is 58.3 Å². The normalized spacial score (nSPS) is 20.8. The number of phenolic OH excluding ortho intramolecular Hbond substituents is 1. The molecule has 0 aromatic heterocycles. The standard InChI is InChI=1S/C18H23N3O5S/c1-11-15(25-3)8-6-13(17(11)27(23)24)18(19)21(2)20-10-12-5-7-14(22)16(9-12)26-4/h5-11,15,19,22H,1-4H3,(H,23,24)/p-1/b19-18?,20-10+. The Labute approximate surface area is 160 Å². The van der Waals surface area contributed by atoms with Crippen LogP contribution in [0.1, 0.15) is 12.5 Å². The maximum atomic E-state index is 11.7. The summed E-state index contributed by atoms with van der Waals surface area (Å²) in [4.78, 5) is 0.114. The second-order valence-corrected chi connectivity index (χ2v) is 6.82. The molecule has 0 aliphatic heterocycles. The van der Waals surface area contributed by atoms with E-state index in [1.54, 1.807) is 38.3 Å². The zero-order valence-electron chi connectivity index (χ0n) is 15.5. The Hall–Kier alpha value is -2.49. The molecule has 0 radical (unpaired) electrons. The van der Waals surface area contributed by atoms with Crippen LogP contribution in [-0.2, 0) is 15.8 Å².